The van der Waals surface area contributed by atoms with E-state index >= 15 is 0 Å². The second-order valence-corrected chi connectivity index (χ2v) is 8.67. The molecule has 7 nitrogen and oxygen atoms in total. The third-order valence-electron chi connectivity index (χ3n) is 6.36. The summed E-state index contributed by atoms with van der Waals surface area (Å²) in [4.78, 5) is 15.3. The number of ether oxygens (including phenoxy) is 2. The maximum Gasteiger partial charge on any atom is 0.273 e. The number of aromatic nitrogens is 2. The second kappa shape index (κ2) is 10.7. The van der Waals surface area contributed by atoms with Gasteiger partial charge in [-0.3, -0.25) is 9.89 Å². The SMILES string of the molecule is CCOCCCN1C(=O)c2[nH]nc(-c3ccccc3O)c2C1c1ccc(OCc2ccccc2)cc1. The molecule has 3 aromatic carbocycles. The third kappa shape index (κ3) is 4.70. The Morgan fingerprint density at radius 3 is 2.50 bits per heavy atom. The predicted octanol–water partition coefficient (Wildman–Crippen LogP) is 5.33. The van der Waals surface area contributed by atoms with Crippen LogP contribution in [0.4, 0.5) is 0 Å². The number of fused-ring (bicyclic) bond motifs is 1. The first kappa shape index (κ1) is 23.6. The number of hydrogen-bond acceptors (Lipinski definition) is 5. The molecule has 5 rings (SSSR count). The number of para-hydroxylation sites is 1. The maximum atomic E-state index is 13.4. The molecule has 1 amide bonds. The highest BCUT2D eigenvalue weighted by Crippen LogP contribution is 2.44. The summed E-state index contributed by atoms with van der Waals surface area (Å²) in [6, 6.07) is 24.6. The summed E-state index contributed by atoms with van der Waals surface area (Å²) in [7, 11) is 0. The Balaban J connectivity index is 1.46. The first-order valence-electron chi connectivity index (χ1n) is 12.2. The van der Waals surface area contributed by atoms with E-state index in [1.165, 1.54) is 0 Å². The number of phenolic OH excluding ortho intramolecular Hbond substituents is 1. The van der Waals surface area contributed by atoms with E-state index in [0.29, 0.717) is 43.3 Å². The zero-order valence-electron chi connectivity index (χ0n) is 20.2. The molecule has 184 valence electrons. The van der Waals surface area contributed by atoms with Gasteiger partial charge < -0.3 is 19.5 Å². The first-order chi connectivity index (χ1) is 17.7. The van der Waals surface area contributed by atoms with Crippen molar-refractivity contribution in [2.24, 2.45) is 0 Å². The maximum absolute atomic E-state index is 13.4. The van der Waals surface area contributed by atoms with Crippen LogP contribution in [0.5, 0.6) is 11.5 Å². The van der Waals surface area contributed by atoms with E-state index in [1.807, 2.05) is 78.6 Å². The summed E-state index contributed by atoms with van der Waals surface area (Å²) in [6.45, 7) is 4.20. The summed E-state index contributed by atoms with van der Waals surface area (Å²) in [5.41, 5.74) is 4.45. The lowest BCUT2D eigenvalue weighted by Gasteiger charge is -2.26. The molecule has 0 saturated heterocycles. The lowest BCUT2D eigenvalue weighted by molar-refractivity contribution is 0.0710. The van der Waals surface area contributed by atoms with Crippen LogP contribution in [-0.2, 0) is 11.3 Å². The van der Waals surface area contributed by atoms with Gasteiger partial charge in [0.1, 0.15) is 29.5 Å². The molecule has 0 fully saturated rings. The third-order valence-corrected chi connectivity index (χ3v) is 6.36. The Bertz CT molecular complexity index is 1320. The number of hydrogen-bond donors (Lipinski definition) is 2. The van der Waals surface area contributed by atoms with Crippen LogP contribution in [0.25, 0.3) is 11.3 Å². The number of rotatable bonds is 10. The number of aromatic hydroxyl groups is 1. The van der Waals surface area contributed by atoms with Gasteiger partial charge in [-0.1, -0.05) is 54.6 Å². The average molecular weight is 484 g/mol. The quantitative estimate of drug-likeness (QED) is 0.298. The normalized spacial score (nSPS) is 14.8. The monoisotopic (exact) mass is 483 g/mol. The molecule has 36 heavy (non-hydrogen) atoms. The van der Waals surface area contributed by atoms with Gasteiger partial charge in [0.15, 0.2) is 0 Å². The molecule has 4 aromatic rings. The number of amides is 1. The Morgan fingerprint density at radius 1 is 1.00 bits per heavy atom. The van der Waals surface area contributed by atoms with Crippen LogP contribution in [0.2, 0.25) is 0 Å². The predicted molar refractivity (Wildman–Crippen MR) is 137 cm³/mol. The number of carbonyl (C=O) groups excluding carboxylic acids is 1. The van der Waals surface area contributed by atoms with Crippen LogP contribution in [0.3, 0.4) is 0 Å². The fourth-order valence-corrected chi connectivity index (χ4v) is 4.62. The molecule has 0 aliphatic carbocycles. The Morgan fingerprint density at radius 2 is 1.75 bits per heavy atom. The van der Waals surface area contributed by atoms with Gasteiger partial charge in [0, 0.05) is 30.9 Å². The standard InChI is InChI=1S/C29H29N3O4/c1-2-35-18-8-17-32-28(21-13-15-22(16-14-21)36-19-20-9-4-3-5-10-20)25-26(30-31-27(25)29(32)34)23-11-6-7-12-24(23)33/h3-7,9-16,28,33H,2,8,17-19H2,1H3,(H,30,31). The van der Waals surface area contributed by atoms with E-state index in [0.717, 1.165) is 28.9 Å². The van der Waals surface area contributed by atoms with Crippen molar-refractivity contribution in [1.82, 2.24) is 15.1 Å². The van der Waals surface area contributed by atoms with Gasteiger partial charge in [0.05, 0.1) is 6.04 Å². The lowest BCUT2D eigenvalue weighted by atomic mass is 9.95. The van der Waals surface area contributed by atoms with Gasteiger partial charge in [-0.15, -0.1) is 0 Å². The fourth-order valence-electron chi connectivity index (χ4n) is 4.62. The van der Waals surface area contributed by atoms with E-state index in [9.17, 15) is 9.90 Å². The van der Waals surface area contributed by atoms with E-state index in [1.54, 1.807) is 12.1 Å². The fraction of sp³-hybridized carbons (Fsp3) is 0.241. The van der Waals surface area contributed by atoms with Crippen molar-refractivity contribution in [2.45, 2.75) is 26.0 Å². The molecule has 2 heterocycles. The van der Waals surface area contributed by atoms with Crippen molar-refractivity contribution in [2.75, 3.05) is 19.8 Å². The van der Waals surface area contributed by atoms with Crippen molar-refractivity contribution in [3.05, 3.63) is 101 Å². The number of nitrogens with one attached hydrogen (secondary N) is 1. The van der Waals surface area contributed by atoms with Crippen LogP contribution in [0.15, 0.2) is 78.9 Å². The first-order valence-corrected chi connectivity index (χ1v) is 12.2. The van der Waals surface area contributed by atoms with Gasteiger partial charge >= 0.3 is 0 Å². The minimum Gasteiger partial charge on any atom is -0.507 e. The Hall–Kier alpha value is -4.10. The molecule has 1 aliphatic rings. The minimum absolute atomic E-state index is 0.106. The Kier molecular flexibility index (Phi) is 7.00. The van der Waals surface area contributed by atoms with Crippen LogP contribution in [-0.4, -0.2) is 45.9 Å². The number of carbonyl (C=O) groups is 1. The van der Waals surface area contributed by atoms with Crippen LogP contribution in [0, 0.1) is 0 Å². The highest BCUT2D eigenvalue weighted by Gasteiger charge is 2.42. The molecular formula is C29H29N3O4. The molecule has 7 heteroatoms. The van der Waals surface area contributed by atoms with E-state index < -0.39 is 0 Å². The zero-order valence-corrected chi connectivity index (χ0v) is 20.2. The van der Waals surface area contributed by atoms with Crippen molar-refractivity contribution in [1.29, 1.82) is 0 Å². The molecule has 1 atom stereocenters. The van der Waals surface area contributed by atoms with E-state index in [-0.39, 0.29) is 17.7 Å². The van der Waals surface area contributed by atoms with Crippen molar-refractivity contribution < 1.29 is 19.4 Å². The summed E-state index contributed by atoms with van der Waals surface area (Å²) in [6.07, 6.45) is 0.720. The van der Waals surface area contributed by atoms with E-state index in [2.05, 4.69) is 10.2 Å². The van der Waals surface area contributed by atoms with Gasteiger partial charge in [-0.2, -0.15) is 5.10 Å². The molecule has 2 N–H and O–H groups in total. The van der Waals surface area contributed by atoms with Gasteiger partial charge in [-0.25, -0.2) is 0 Å². The van der Waals surface area contributed by atoms with Crippen LogP contribution < -0.4 is 4.74 Å². The van der Waals surface area contributed by atoms with Crippen molar-refractivity contribution >= 4 is 5.91 Å². The van der Waals surface area contributed by atoms with Crippen LogP contribution in [0.1, 0.15) is 46.6 Å². The highest BCUT2D eigenvalue weighted by molar-refractivity contribution is 6.00. The molecule has 1 aliphatic heterocycles. The summed E-state index contributed by atoms with van der Waals surface area (Å²) in [5.74, 6) is 0.769. The molecule has 0 saturated carbocycles. The van der Waals surface area contributed by atoms with Gasteiger partial charge in [-0.05, 0) is 48.7 Å². The topological polar surface area (TPSA) is 87.7 Å². The van der Waals surface area contributed by atoms with Crippen molar-refractivity contribution in [3.8, 4) is 22.8 Å². The number of benzene rings is 3. The number of H-pyrrole nitrogens is 1. The summed E-state index contributed by atoms with van der Waals surface area (Å²) < 4.78 is 11.5. The van der Waals surface area contributed by atoms with Crippen LogP contribution >= 0.6 is 0 Å². The second-order valence-electron chi connectivity index (χ2n) is 8.67. The molecule has 0 radical (unpaired) electrons. The Labute approximate surface area is 210 Å². The largest absolute Gasteiger partial charge is 0.507 e. The summed E-state index contributed by atoms with van der Waals surface area (Å²) in [5, 5.41) is 17.9. The smallest absolute Gasteiger partial charge is 0.273 e. The number of aromatic amines is 1. The van der Waals surface area contributed by atoms with E-state index in [4.69, 9.17) is 9.47 Å². The van der Waals surface area contributed by atoms with Crippen molar-refractivity contribution in [3.63, 3.8) is 0 Å². The molecular weight excluding hydrogens is 454 g/mol. The minimum atomic E-state index is -0.342. The van der Waals surface area contributed by atoms with Gasteiger partial charge in [0.25, 0.3) is 5.91 Å². The molecule has 0 spiro atoms. The zero-order chi connectivity index (χ0) is 24.9. The number of phenols is 1. The van der Waals surface area contributed by atoms with Gasteiger partial charge in [0.2, 0.25) is 0 Å². The average Bonchev–Trinajstić information content (AvgIpc) is 3.45. The number of nitrogens with zero attached hydrogens (tertiary/aromatic N) is 2. The lowest BCUT2D eigenvalue weighted by Crippen LogP contribution is -2.31. The molecule has 1 unspecified atom stereocenters. The summed E-state index contributed by atoms with van der Waals surface area (Å²) >= 11 is 0. The molecule has 0 bridgehead atoms. The molecule has 1 aromatic heterocycles. The highest BCUT2D eigenvalue weighted by atomic mass is 16.5.